The summed E-state index contributed by atoms with van der Waals surface area (Å²) in [6.45, 7) is 1.62. The van der Waals surface area contributed by atoms with Crippen molar-refractivity contribution in [2.45, 2.75) is 25.2 Å². The quantitative estimate of drug-likeness (QED) is 0.679. The van der Waals surface area contributed by atoms with Crippen LogP contribution < -0.4 is 0 Å². The zero-order valence-electron chi connectivity index (χ0n) is 13.5. The molecule has 0 saturated carbocycles. The second-order valence-corrected chi connectivity index (χ2v) is 7.37. The molecule has 1 amide bonds. The molecule has 1 aliphatic heterocycles. The van der Waals surface area contributed by atoms with Gasteiger partial charge in [0.25, 0.3) is 5.91 Å². The summed E-state index contributed by atoms with van der Waals surface area (Å²) in [7, 11) is 0. The zero-order chi connectivity index (χ0) is 16.4. The van der Waals surface area contributed by atoms with Crippen molar-refractivity contribution < 1.29 is 4.79 Å². The van der Waals surface area contributed by atoms with Gasteiger partial charge in [0.05, 0.1) is 10.2 Å². The highest BCUT2D eigenvalue weighted by Crippen LogP contribution is 2.28. The Morgan fingerprint density at radius 1 is 1.04 bits per heavy atom. The van der Waals surface area contributed by atoms with Crippen molar-refractivity contribution in [2.75, 3.05) is 13.1 Å². The lowest BCUT2D eigenvalue weighted by Gasteiger charge is -2.24. The molecule has 4 rings (SSSR count). The number of carbonyl (C=O) groups excluding carboxylic acids is 1. The van der Waals surface area contributed by atoms with Crippen molar-refractivity contribution in [2.24, 2.45) is 0 Å². The van der Waals surface area contributed by atoms with E-state index in [2.05, 4.69) is 29.2 Å². The van der Waals surface area contributed by atoms with Gasteiger partial charge >= 0.3 is 0 Å². The Hall–Kier alpha value is -2.20. The minimum Gasteiger partial charge on any atom is -0.336 e. The minimum atomic E-state index is 0.0824. The van der Waals surface area contributed by atoms with Crippen LogP contribution in [0.5, 0.6) is 0 Å². The first-order chi connectivity index (χ1) is 11.8. The Morgan fingerprint density at radius 3 is 2.67 bits per heavy atom. The van der Waals surface area contributed by atoms with Gasteiger partial charge in [-0.2, -0.15) is 0 Å². The number of benzene rings is 2. The summed E-state index contributed by atoms with van der Waals surface area (Å²) in [4.78, 5) is 19.5. The molecule has 2 aromatic carbocycles. The number of aromatic nitrogens is 1. The van der Waals surface area contributed by atoms with Crippen LogP contribution in [0.4, 0.5) is 0 Å². The summed E-state index contributed by atoms with van der Waals surface area (Å²) in [5.74, 6) is 0.506. The van der Waals surface area contributed by atoms with E-state index in [1.165, 1.54) is 23.3 Å². The van der Waals surface area contributed by atoms with Gasteiger partial charge in [-0.3, -0.25) is 4.79 Å². The van der Waals surface area contributed by atoms with Gasteiger partial charge < -0.3 is 4.90 Å². The summed E-state index contributed by atoms with van der Waals surface area (Å²) >= 11 is 1.50. The average Bonchev–Trinajstić information content (AvgIpc) is 2.91. The molecule has 24 heavy (non-hydrogen) atoms. The first-order valence-corrected chi connectivity index (χ1v) is 9.33. The number of rotatable bonds is 2. The van der Waals surface area contributed by atoms with E-state index in [9.17, 15) is 4.79 Å². The first kappa shape index (κ1) is 15.3. The average molecular weight is 336 g/mol. The number of hydrogen-bond donors (Lipinski definition) is 0. The fraction of sp³-hybridized carbons (Fsp3) is 0.300. The summed E-state index contributed by atoms with van der Waals surface area (Å²) < 4.78 is 1.08. The van der Waals surface area contributed by atoms with E-state index in [4.69, 9.17) is 0 Å². The van der Waals surface area contributed by atoms with Crippen LogP contribution in [0, 0.1) is 0 Å². The molecule has 0 bridgehead atoms. The third kappa shape index (κ3) is 3.06. The van der Waals surface area contributed by atoms with Crippen molar-refractivity contribution >= 4 is 27.5 Å². The van der Waals surface area contributed by atoms with E-state index in [1.54, 1.807) is 0 Å². The normalized spacial score (nSPS) is 18.5. The number of carbonyl (C=O) groups is 1. The predicted octanol–water partition coefficient (Wildman–Crippen LogP) is 4.71. The summed E-state index contributed by atoms with van der Waals surface area (Å²) in [5, 5.41) is 0.616. The molecule has 0 radical (unpaired) electrons. The van der Waals surface area contributed by atoms with E-state index in [0.717, 1.165) is 36.1 Å². The maximum atomic E-state index is 13.0. The molecule has 1 fully saturated rings. The second-order valence-electron chi connectivity index (χ2n) is 6.34. The van der Waals surface area contributed by atoms with Crippen molar-refractivity contribution in [3.63, 3.8) is 0 Å². The summed E-state index contributed by atoms with van der Waals surface area (Å²) in [5.41, 5.74) is 2.25. The van der Waals surface area contributed by atoms with Gasteiger partial charge in [-0.25, -0.2) is 4.98 Å². The van der Waals surface area contributed by atoms with Crippen LogP contribution in [0.25, 0.3) is 10.2 Å². The minimum absolute atomic E-state index is 0.0824. The lowest BCUT2D eigenvalue weighted by atomic mass is 9.94. The monoisotopic (exact) mass is 336 g/mol. The molecule has 3 nitrogen and oxygen atoms in total. The Labute approximate surface area is 146 Å². The van der Waals surface area contributed by atoms with Crippen molar-refractivity contribution in [3.8, 4) is 0 Å². The third-order valence-corrected chi connectivity index (χ3v) is 5.73. The van der Waals surface area contributed by atoms with Gasteiger partial charge in [0.15, 0.2) is 5.01 Å². The highest BCUT2D eigenvalue weighted by atomic mass is 32.1. The molecule has 122 valence electrons. The lowest BCUT2D eigenvalue weighted by molar-refractivity contribution is 0.0754. The van der Waals surface area contributed by atoms with E-state index in [-0.39, 0.29) is 5.91 Å². The van der Waals surface area contributed by atoms with Crippen molar-refractivity contribution in [1.29, 1.82) is 0 Å². The molecule has 0 aliphatic carbocycles. The number of amides is 1. The van der Waals surface area contributed by atoms with Crippen LogP contribution in [0.2, 0.25) is 0 Å². The van der Waals surface area contributed by atoms with Gasteiger partial charge in [0.2, 0.25) is 0 Å². The van der Waals surface area contributed by atoms with Crippen molar-refractivity contribution in [1.82, 2.24) is 9.88 Å². The number of thiazole rings is 1. The topological polar surface area (TPSA) is 33.2 Å². The molecular formula is C20H20N2OS. The van der Waals surface area contributed by atoms with Crippen LogP contribution in [-0.2, 0) is 0 Å². The summed E-state index contributed by atoms with van der Waals surface area (Å²) in [6, 6.07) is 18.5. The van der Waals surface area contributed by atoms with Gasteiger partial charge in [-0.1, -0.05) is 48.9 Å². The zero-order valence-corrected chi connectivity index (χ0v) is 14.3. The van der Waals surface area contributed by atoms with E-state index in [0.29, 0.717) is 10.9 Å². The Bertz CT molecular complexity index is 810. The lowest BCUT2D eigenvalue weighted by Crippen LogP contribution is -2.34. The van der Waals surface area contributed by atoms with Crippen molar-refractivity contribution in [3.05, 3.63) is 65.2 Å². The van der Waals surface area contributed by atoms with E-state index < -0.39 is 0 Å². The smallest absolute Gasteiger partial charge is 0.282 e. The molecule has 1 aliphatic rings. The van der Waals surface area contributed by atoms with Crippen LogP contribution >= 0.6 is 11.3 Å². The Morgan fingerprint density at radius 2 is 1.83 bits per heavy atom. The van der Waals surface area contributed by atoms with Gasteiger partial charge in [-0.05, 0) is 30.5 Å². The predicted molar refractivity (Wildman–Crippen MR) is 98.6 cm³/mol. The fourth-order valence-electron chi connectivity index (χ4n) is 3.42. The maximum Gasteiger partial charge on any atom is 0.282 e. The molecule has 1 saturated heterocycles. The van der Waals surface area contributed by atoms with Crippen LogP contribution in [0.15, 0.2) is 54.6 Å². The maximum absolute atomic E-state index is 13.0. The number of fused-ring (bicyclic) bond motifs is 1. The van der Waals surface area contributed by atoms with E-state index in [1.807, 2.05) is 35.2 Å². The van der Waals surface area contributed by atoms with Gasteiger partial charge in [0, 0.05) is 19.0 Å². The fourth-order valence-corrected chi connectivity index (χ4v) is 4.36. The molecule has 3 aromatic rings. The largest absolute Gasteiger partial charge is 0.336 e. The molecule has 1 aromatic heterocycles. The molecule has 1 unspecified atom stereocenters. The number of para-hydroxylation sites is 1. The van der Waals surface area contributed by atoms with Gasteiger partial charge in [0.1, 0.15) is 0 Å². The first-order valence-electron chi connectivity index (χ1n) is 8.51. The molecule has 2 heterocycles. The van der Waals surface area contributed by atoms with Crippen LogP contribution in [0.3, 0.4) is 0 Å². The van der Waals surface area contributed by atoms with Crippen LogP contribution in [0.1, 0.15) is 40.5 Å². The number of likely N-dealkylation sites (tertiary alicyclic amines) is 1. The second kappa shape index (κ2) is 6.73. The number of nitrogens with zero attached hydrogens (tertiary/aromatic N) is 2. The Balaban J connectivity index is 1.58. The third-order valence-electron chi connectivity index (χ3n) is 4.71. The molecule has 4 heteroatoms. The molecule has 0 spiro atoms. The van der Waals surface area contributed by atoms with Crippen LogP contribution in [-0.4, -0.2) is 28.9 Å². The SMILES string of the molecule is O=C(c1nc2ccccc2s1)N1CCCCC(c2ccccc2)C1. The molecule has 0 N–H and O–H groups in total. The Kier molecular flexibility index (Phi) is 4.30. The highest BCUT2D eigenvalue weighted by Gasteiger charge is 2.25. The van der Waals surface area contributed by atoms with E-state index >= 15 is 0 Å². The van der Waals surface area contributed by atoms with Gasteiger partial charge in [-0.15, -0.1) is 11.3 Å². The highest BCUT2D eigenvalue weighted by molar-refractivity contribution is 7.20. The molecule has 1 atom stereocenters. The summed E-state index contributed by atoms with van der Waals surface area (Å²) in [6.07, 6.45) is 3.39. The number of hydrogen-bond acceptors (Lipinski definition) is 3. The molecular weight excluding hydrogens is 316 g/mol. The standard InChI is InChI=1S/C20H20N2OS/c23-20(19-21-17-11-4-5-12-18(17)24-19)22-13-7-6-10-16(14-22)15-8-2-1-3-9-15/h1-5,8-9,11-12,16H,6-7,10,13-14H2.